The van der Waals surface area contributed by atoms with Crippen molar-refractivity contribution in [2.45, 2.75) is 38.0 Å². The molecule has 0 spiro atoms. The third kappa shape index (κ3) is 1.92. The Hall–Kier alpha value is -2.61. The van der Waals surface area contributed by atoms with Crippen LogP contribution in [0.15, 0.2) is 29.2 Å². The van der Waals surface area contributed by atoms with Crippen LogP contribution in [0.1, 0.15) is 49.4 Å². The summed E-state index contributed by atoms with van der Waals surface area (Å²) in [5, 5.41) is 9.04. The van der Waals surface area contributed by atoms with Crippen molar-refractivity contribution in [3.05, 3.63) is 46.1 Å². The van der Waals surface area contributed by atoms with Crippen LogP contribution in [-0.2, 0) is 0 Å². The molecule has 4 rings (SSSR count). The number of nitriles is 1. The Morgan fingerprint density at radius 3 is 2.82 bits per heavy atom. The van der Waals surface area contributed by atoms with E-state index in [0.29, 0.717) is 22.5 Å². The molecule has 0 radical (unpaired) electrons. The van der Waals surface area contributed by atoms with Crippen LogP contribution >= 0.6 is 0 Å². The molecule has 110 valence electrons. The maximum absolute atomic E-state index is 12.3. The van der Waals surface area contributed by atoms with E-state index >= 15 is 0 Å². The molecule has 5 nitrogen and oxygen atoms in total. The van der Waals surface area contributed by atoms with E-state index in [2.05, 4.69) is 16.0 Å². The fourth-order valence-electron chi connectivity index (χ4n) is 3.52. The third-order valence-corrected chi connectivity index (χ3v) is 4.61. The molecule has 1 saturated carbocycles. The average Bonchev–Trinajstić information content (AvgIpc) is 3.01. The lowest BCUT2D eigenvalue weighted by Gasteiger charge is -2.21. The molecule has 0 unspecified atom stereocenters. The molecular weight excluding hydrogens is 276 g/mol. The highest BCUT2D eigenvalue weighted by molar-refractivity contribution is 5.79. The van der Waals surface area contributed by atoms with Gasteiger partial charge >= 0.3 is 0 Å². The van der Waals surface area contributed by atoms with Crippen molar-refractivity contribution in [2.24, 2.45) is 0 Å². The van der Waals surface area contributed by atoms with Gasteiger partial charge < -0.3 is 4.98 Å². The standard InChI is InChI=1S/C17H16N4O/c18-9-11-6-7-14-13(8-11)20-17(22)15-10-19-16(21(14)15)12-4-2-1-3-5-12/h6-8,10,12H,1-5H2,(H,20,22). The van der Waals surface area contributed by atoms with Gasteiger partial charge in [-0.15, -0.1) is 0 Å². The van der Waals surface area contributed by atoms with Gasteiger partial charge in [0.25, 0.3) is 5.56 Å². The number of fused-ring (bicyclic) bond motifs is 3. The van der Waals surface area contributed by atoms with E-state index < -0.39 is 0 Å². The van der Waals surface area contributed by atoms with E-state index in [0.717, 1.165) is 24.2 Å². The molecule has 0 atom stereocenters. The lowest BCUT2D eigenvalue weighted by molar-refractivity contribution is 0.428. The number of imidazole rings is 1. The predicted octanol–water partition coefficient (Wildman–Crippen LogP) is 3.10. The van der Waals surface area contributed by atoms with E-state index in [1.54, 1.807) is 18.3 Å². The van der Waals surface area contributed by atoms with Crippen molar-refractivity contribution in [1.29, 1.82) is 5.26 Å². The molecule has 3 aromatic rings. The van der Waals surface area contributed by atoms with Gasteiger partial charge in [0.05, 0.1) is 28.9 Å². The van der Waals surface area contributed by atoms with Gasteiger partial charge in [0.15, 0.2) is 0 Å². The molecule has 2 aromatic heterocycles. The van der Waals surface area contributed by atoms with Crippen LogP contribution < -0.4 is 5.56 Å². The number of nitrogens with one attached hydrogen (secondary N) is 1. The van der Waals surface area contributed by atoms with Crippen molar-refractivity contribution in [2.75, 3.05) is 0 Å². The highest BCUT2D eigenvalue weighted by Gasteiger charge is 2.21. The summed E-state index contributed by atoms with van der Waals surface area (Å²) in [5.41, 5.74) is 2.56. The average molecular weight is 292 g/mol. The molecule has 0 bridgehead atoms. The second kappa shape index (κ2) is 4.99. The van der Waals surface area contributed by atoms with Gasteiger partial charge in [0.2, 0.25) is 0 Å². The van der Waals surface area contributed by atoms with Gasteiger partial charge in [0, 0.05) is 5.92 Å². The summed E-state index contributed by atoms with van der Waals surface area (Å²) >= 11 is 0. The molecule has 0 aliphatic heterocycles. The van der Waals surface area contributed by atoms with Gasteiger partial charge in [0.1, 0.15) is 11.3 Å². The lowest BCUT2D eigenvalue weighted by atomic mass is 9.89. The van der Waals surface area contributed by atoms with Crippen molar-refractivity contribution in [1.82, 2.24) is 14.4 Å². The van der Waals surface area contributed by atoms with E-state index in [1.165, 1.54) is 19.3 Å². The first-order valence-corrected chi connectivity index (χ1v) is 7.71. The quantitative estimate of drug-likeness (QED) is 0.749. The first-order valence-electron chi connectivity index (χ1n) is 7.71. The Kier molecular flexibility index (Phi) is 2.97. The number of benzene rings is 1. The molecule has 1 aliphatic rings. The van der Waals surface area contributed by atoms with Gasteiger partial charge in [-0.3, -0.25) is 9.20 Å². The van der Waals surface area contributed by atoms with Crippen LogP contribution in [0.3, 0.4) is 0 Å². The number of hydrogen-bond donors (Lipinski definition) is 1. The number of H-pyrrole nitrogens is 1. The number of aromatic amines is 1. The van der Waals surface area contributed by atoms with E-state index in [1.807, 2.05) is 10.5 Å². The molecular formula is C17H16N4O. The van der Waals surface area contributed by atoms with E-state index in [9.17, 15) is 4.79 Å². The van der Waals surface area contributed by atoms with Crippen LogP contribution in [0.25, 0.3) is 16.6 Å². The number of aromatic nitrogens is 3. The zero-order valence-electron chi connectivity index (χ0n) is 12.2. The summed E-state index contributed by atoms with van der Waals surface area (Å²) in [6.07, 6.45) is 7.65. The second-order valence-electron chi connectivity index (χ2n) is 5.97. The van der Waals surface area contributed by atoms with Gasteiger partial charge in [-0.2, -0.15) is 5.26 Å². The van der Waals surface area contributed by atoms with Crippen LogP contribution in [0.4, 0.5) is 0 Å². The van der Waals surface area contributed by atoms with Crippen LogP contribution in [0, 0.1) is 11.3 Å². The summed E-state index contributed by atoms with van der Waals surface area (Å²) in [4.78, 5) is 19.7. The van der Waals surface area contributed by atoms with Crippen LogP contribution in [0.5, 0.6) is 0 Å². The normalized spacial score (nSPS) is 16.1. The highest BCUT2D eigenvalue weighted by Crippen LogP contribution is 2.32. The van der Waals surface area contributed by atoms with Crippen LogP contribution in [0.2, 0.25) is 0 Å². The molecule has 1 aliphatic carbocycles. The van der Waals surface area contributed by atoms with Crippen molar-refractivity contribution >= 4 is 16.6 Å². The molecule has 1 aromatic carbocycles. The Morgan fingerprint density at radius 1 is 1.23 bits per heavy atom. The summed E-state index contributed by atoms with van der Waals surface area (Å²) in [6, 6.07) is 7.51. The predicted molar refractivity (Wildman–Crippen MR) is 83.9 cm³/mol. The van der Waals surface area contributed by atoms with Gasteiger partial charge in [-0.25, -0.2) is 4.98 Å². The summed E-state index contributed by atoms with van der Waals surface area (Å²) < 4.78 is 1.98. The minimum Gasteiger partial charge on any atom is -0.319 e. The summed E-state index contributed by atoms with van der Waals surface area (Å²) in [5.74, 6) is 1.40. The van der Waals surface area contributed by atoms with Gasteiger partial charge in [-0.1, -0.05) is 19.3 Å². The number of nitrogens with zero attached hydrogens (tertiary/aromatic N) is 3. The van der Waals surface area contributed by atoms with Crippen molar-refractivity contribution in [3.8, 4) is 6.07 Å². The maximum atomic E-state index is 12.3. The summed E-state index contributed by atoms with van der Waals surface area (Å²) in [7, 11) is 0. The van der Waals surface area contributed by atoms with E-state index in [-0.39, 0.29) is 5.56 Å². The fourth-order valence-corrected chi connectivity index (χ4v) is 3.52. The third-order valence-electron chi connectivity index (χ3n) is 4.61. The topological polar surface area (TPSA) is 73.9 Å². The van der Waals surface area contributed by atoms with Crippen molar-refractivity contribution in [3.63, 3.8) is 0 Å². The molecule has 0 amide bonds. The van der Waals surface area contributed by atoms with Gasteiger partial charge in [-0.05, 0) is 31.0 Å². The largest absolute Gasteiger partial charge is 0.319 e. The SMILES string of the molecule is N#Cc1ccc2c(c1)[nH]c(=O)c1cnc(C3CCCCC3)n12. The Labute approximate surface area is 127 Å². The second-order valence-corrected chi connectivity index (χ2v) is 5.97. The maximum Gasteiger partial charge on any atom is 0.274 e. The zero-order valence-corrected chi connectivity index (χ0v) is 12.2. The van der Waals surface area contributed by atoms with E-state index in [4.69, 9.17) is 5.26 Å². The highest BCUT2D eigenvalue weighted by atomic mass is 16.1. The Balaban J connectivity index is 2.03. The number of rotatable bonds is 1. The number of hydrogen-bond acceptors (Lipinski definition) is 3. The molecule has 1 fully saturated rings. The first-order chi connectivity index (χ1) is 10.8. The Morgan fingerprint density at radius 2 is 2.05 bits per heavy atom. The zero-order chi connectivity index (χ0) is 15.1. The van der Waals surface area contributed by atoms with Crippen molar-refractivity contribution < 1.29 is 0 Å². The molecule has 1 N–H and O–H groups in total. The first kappa shape index (κ1) is 13.1. The fraction of sp³-hybridized carbons (Fsp3) is 0.353. The lowest BCUT2D eigenvalue weighted by Crippen LogP contribution is -2.14. The smallest absolute Gasteiger partial charge is 0.274 e. The monoisotopic (exact) mass is 292 g/mol. The Bertz CT molecular complexity index is 954. The molecule has 2 heterocycles. The molecule has 0 saturated heterocycles. The summed E-state index contributed by atoms with van der Waals surface area (Å²) in [6.45, 7) is 0. The molecule has 5 heteroatoms. The minimum absolute atomic E-state index is 0.155. The minimum atomic E-state index is -0.155. The van der Waals surface area contributed by atoms with Crippen LogP contribution in [-0.4, -0.2) is 14.4 Å². The molecule has 22 heavy (non-hydrogen) atoms.